The van der Waals surface area contributed by atoms with Gasteiger partial charge in [-0.15, -0.1) is 0 Å². The predicted molar refractivity (Wildman–Crippen MR) is 87.1 cm³/mol. The van der Waals surface area contributed by atoms with Crippen LogP contribution < -0.4 is 5.32 Å². The molecule has 0 saturated heterocycles. The maximum atomic E-state index is 13.0. The first-order valence-corrected chi connectivity index (χ1v) is 7.17. The van der Waals surface area contributed by atoms with Crippen molar-refractivity contribution in [3.05, 3.63) is 70.8 Å². The Balaban J connectivity index is 2.25. The van der Waals surface area contributed by atoms with Gasteiger partial charge in [0.15, 0.2) is 0 Å². The van der Waals surface area contributed by atoms with Crippen LogP contribution in [0, 0.1) is 0 Å². The van der Waals surface area contributed by atoms with Gasteiger partial charge < -0.3 is 10.4 Å². The molecule has 25 heavy (non-hydrogen) atoms. The van der Waals surface area contributed by atoms with Crippen molar-refractivity contribution in [2.24, 2.45) is 0 Å². The van der Waals surface area contributed by atoms with Crippen molar-refractivity contribution in [1.82, 2.24) is 0 Å². The van der Waals surface area contributed by atoms with Gasteiger partial charge in [0.05, 0.1) is 11.1 Å². The van der Waals surface area contributed by atoms with Crippen molar-refractivity contribution < 1.29 is 27.9 Å². The zero-order chi connectivity index (χ0) is 18.6. The van der Waals surface area contributed by atoms with E-state index >= 15 is 0 Å². The van der Waals surface area contributed by atoms with Gasteiger partial charge in [-0.2, -0.15) is 13.2 Å². The Morgan fingerprint density at radius 3 is 2.40 bits per heavy atom. The Bertz CT molecular complexity index is 841. The van der Waals surface area contributed by atoms with Crippen LogP contribution >= 0.6 is 0 Å². The third-order valence-electron chi connectivity index (χ3n) is 3.36. The monoisotopic (exact) mass is 349 g/mol. The summed E-state index contributed by atoms with van der Waals surface area (Å²) in [5, 5.41) is 11.4. The van der Waals surface area contributed by atoms with Crippen molar-refractivity contribution >= 4 is 23.6 Å². The summed E-state index contributed by atoms with van der Waals surface area (Å²) in [6, 6.07) is 10.5. The highest BCUT2D eigenvalue weighted by Gasteiger charge is 2.32. The maximum absolute atomic E-state index is 13.0. The largest absolute Gasteiger partial charge is 0.478 e. The predicted octanol–water partition coefficient (Wildman–Crippen LogP) is 4.45. The molecule has 0 heterocycles. The van der Waals surface area contributed by atoms with E-state index in [-0.39, 0.29) is 22.4 Å². The van der Waals surface area contributed by atoms with E-state index in [1.165, 1.54) is 49.4 Å². The van der Waals surface area contributed by atoms with E-state index in [1.54, 1.807) is 0 Å². The van der Waals surface area contributed by atoms with E-state index in [0.29, 0.717) is 0 Å². The van der Waals surface area contributed by atoms with E-state index in [0.717, 1.165) is 12.1 Å². The molecular weight excluding hydrogens is 335 g/mol. The van der Waals surface area contributed by atoms with Crippen LogP contribution in [0.2, 0.25) is 0 Å². The van der Waals surface area contributed by atoms with Crippen molar-refractivity contribution in [3.8, 4) is 0 Å². The van der Waals surface area contributed by atoms with Crippen LogP contribution in [-0.2, 0) is 11.0 Å². The first kappa shape index (κ1) is 18.3. The first-order valence-electron chi connectivity index (χ1n) is 7.17. The molecule has 2 aromatic rings. The SMILES string of the molecule is CC(=Cc1ccccc1C(F)(F)F)C(=O)Nc1cccc(C(=O)O)c1. The summed E-state index contributed by atoms with van der Waals surface area (Å²) in [4.78, 5) is 23.1. The van der Waals surface area contributed by atoms with E-state index in [9.17, 15) is 22.8 Å². The van der Waals surface area contributed by atoms with Crippen LogP contribution in [0.15, 0.2) is 54.1 Å². The number of amides is 1. The van der Waals surface area contributed by atoms with Crippen LogP contribution in [-0.4, -0.2) is 17.0 Å². The van der Waals surface area contributed by atoms with E-state index in [4.69, 9.17) is 5.11 Å². The van der Waals surface area contributed by atoms with E-state index < -0.39 is 23.6 Å². The Hall–Kier alpha value is -3.09. The van der Waals surface area contributed by atoms with Gasteiger partial charge >= 0.3 is 12.1 Å². The molecule has 0 fully saturated rings. The summed E-state index contributed by atoms with van der Waals surface area (Å²) in [6.07, 6.45) is -3.39. The standard InChI is InChI=1S/C18H14F3NO3/c1-11(9-12-5-2-3-8-15(12)18(19,20)21)16(23)22-14-7-4-6-13(10-14)17(24)25/h2-10H,1H3,(H,22,23)(H,24,25). The number of carboxylic acid groups (broad SMARTS) is 1. The summed E-state index contributed by atoms with van der Waals surface area (Å²) < 4.78 is 38.9. The second-order valence-corrected chi connectivity index (χ2v) is 5.25. The zero-order valence-electron chi connectivity index (χ0n) is 13.1. The van der Waals surface area contributed by atoms with Crippen molar-refractivity contribution in [2.45, 2.75) is 13.1 Å². The molecular formula is C18H14F3NO3. The van der Waals surface area contributed by atoms with Gasteiger partial charge in [0.1, 0.15) is 0 Å². The number of benzene rings is 2. The topological polar surface area (TPSA) is 66.4 Å². The van der Waals surface area contributed by atoms with E-state index in [2.05, 4.69) is 5.32 Å². The molecule has 2 N–H and O–H groups in total. The number of hydrogen-bond acceptors (Lipinski definition) is 2. The highest BCUT2D eigenvalue weighted by molar-refractivity contribution is 6.06. The molecule has 2 rings (SSSR count). The van der Waals surface area contributed by atoms with Gasteiger partial charge in [-0.3, -0.25) is 4.79 Å². The number of hydrogen-bond donors (Lipinski definition) is 2. The zero-order valence-corrected chi connectivity index (χ0v) is 13.1. The average Bonchev–Trinajstić information content (AvgIpc) is 2.54. The number of carboxylic acids is 1. The number of rotatable bonds is 4. The molecule has 0 atom stereocenters. The van der Waals surface area contributed by atoms with Crippen molar-refractivity contribution in [3.63, 3.8) is 0 Å². The highest BCUT2D eigenvalue weighted by atomic mass is 19.4. The normalized spacial score (nSPS) is 11.9. The highest BCUT2D eigenvalue weighted by Crippen LogP contribution is 2.32. The van der Waals surface area contributed by atoms with Crippen LogP contribution in [0.1, 0.15) is 28.4 Å². The Morgan fingerprint density at radius 2 is 1.76 bits per heavy atom. The number of nitrogens with one attached hydrogen (secondary N) is 1. The average molecular weight is 349 g/mol. The molecule has 0 radical (unpaired) electrons. The molecule has 0 bridgehead atoms. The number of carbonyl (C=O) groups is 2. The molecule has 2 aromatic carbocycles. The third-order valence-corrected chi connectivity index (χ3v) is 3.36. The number of alkyl halides is 3. The summed E-state index contributed by atoms with van der Waals surface area (Å²) >= 11 is 0. The Kier molecular flexibility index (Phi) is 5.26. The summed E-state index contributed by atoms with van der Waals surface area (Å²) in [7, 11) is 0. The van der Waals surface area contributed by atoms with Gasteiger partial charge in [-0.1, -0.05) is 24.3 Å². The minimum absolute atomic E-state index is 0.0122. The fraction of sp³-hybridized carbons (Fsp3) is 0.111. The summed E-state index contributed by atoms with van der Waals surface area (Å²) in [6.45, 7) is 1.38. The van der Waals surface area contributed by atoms with Gasteiger partial charge in [-0.05, 0) is 42.8 Å². The molecule has 4 nitrogen and oxygen atoms in total. The molecule has 130 valence electrons. The molecule has 1 amide bonds. The number of aromatic carboxylic acids is 1. The quantitative estimate of drug-likeness (QED) is 0.802. The molecule has 0 aliphatic carbocycles. The maximum Gasteiger partial charge on any atom is 0.416 e. The molecule has 0 aromatic heterocycles. The molecule has 0 aliphatic rings. The lowest BCUT2D eigenvalue weighted by Gasteiger charge is -2.11. The number of halogens is 3. The molecule has 7 heteroatoms. The molecule has 0 spiro atoms. The first-order chi connectivity index (χ1) is 11.7. The van der Waals surface area contributed by atoms with Gasteiger partial charge in [0, 0.05) is 11.3 Å². The lowest BCUT2D eigenvalue weighted by Crippen LogP contribution is -2.13. The number of anilines is 1. The molecule has 0 aliphatic heterocycles. The smallest absolute Gasteiger partial charge is 0.416 e. The minimum Gasteiger partial charge on any atom is -0.478 e. The summed E-state index contributed by atoms with van der Waals surface area (Å²) in [5.74, 6) is -1.78. The van der Waals surface area contributed by atoms with Crippen LogP contribution in [0.25, 0.3) is 6.08 Å². The van der Waals surface area contributed by atoms with Gasteiger partial charge in [-0.25, -0.2) is 4.79 Å². The van der Waals surface area contributed by atoms with Crippen molar-refractivity contribution in [2.75, 3.05) is 5.32 Å². The second-order valence-electron chi connectivity index (χ2n) is 5.25. The van der Waals surface area contributed by atoms with E-state index in [1.807, 2.05) is 0 Å². The lowest BCUT2D eigenvalue weighted by molar-refractivity contribution is -0.137. The third kappa shape index (κ3) is 4.69. The summed E-state index contributed by atoms with van der Waals surface area (Å²) in [5.41, 5.74) is -0.682. The lowest BCUT2D eigenvalue weighted by atomic mass is 10.0. The van der Waals surface area contributed by atoms with Crippen LogP contribution in [0.5, 0.6) is 0 Å². The number of carbonyl (C=O) groups excluding carboxylic acids is 1. The second kappa shape index (κ2) is 7.21. The van der Waals surface area contributed by atoms with Crippen molar-refractivity contribution in [1.29, 1.82) is 0 Å². The molecule has 0 saturated carbocycles. The Morgan fingerprint density at radius 1 is 1.08 bits per heavy atom. The van der Waals surface area contributed by atoms with Gasteiger partial charge in [0.2, 0.25) is 0 Å². The van der Waals surface area contributed by atoms with Crippen LogP contribution in [0.4, 0.5) is 18.9 Å². The fourth-order valence-electron chi connectivity index (χ4n) is 2.14. The fourth-order valence-corrected chi connectivity index (χ4v) is 2.14. The Labute approximate surface area is 141 Å². The van der Waals surface area contributed by atoms with Crippen LogP contribution in [0.3, 0.4) is 0 Å². The molecule has 0 unspecified atom stereocenters. The van der Waals surface area contributed by atoms with Gasteiger partial charge in [0.25, 0.3) is 5.91 Å². The minimum atomic E-state index is -4.53.